The fourth-order valence-electron chi connectivity index (χ4n) is 2.65. The largest absolute Gasteiger partial charge is 0.465 e. The standard InChI is InChI=1S/C20H21Cl2NO4/c1-3-26-19(24)17(20(25)27-4-2)18(13-9-5-6-10-14(13)21)23-16-12-8-7-11-15(16)22/h5-12,17-18,23H,3-4H2,1-2H3. The van der Waals surface area contributed by atoms with Gasteiger partial charge in [0.2, 0.25) is 0 Å². The van der Waals surface area contributed by atoms with E-state index >= 15 is 0 Å². The maximum Gasteiger partial charge on any atom is 0.322 e. The van der Waals surface area contributed by atoms with E-state index in [-0.39, 0.29) is 13.2 Å². The Morgan fingerprint density at radius 3 is 1.93 bits per heavy atom. The quantitative estimate of drug-likeness (QED) is 0.496. The number of benzene rings is 2. The molecule has 144 valence electrons. The summed E-state index contributed by atoms with van der Waals surface area (Å²) in [7, 11) is 0. The normalized spacial score (nSPS) is 11.7. The van der Waals surface area contributed by atoms with Crippen LogP contribution in [-0.2, 0) is 19.1 Å². The van der Waals surface area contributed by atoms with Crippen molar-refractivity contribution in [2.75, 3.05) is 18.5 Å². The van der Waals surface area contributed by atoms with Crippen molar-refractivity contribution < 1.29 is 19.1 Å². The van der Waals surface area contributed by atoms with E-state index < -0.39 is 23.9 Å². The van der Waals surface area contributed by atoms with Crippen molar-refractivity contribution in [2.45, 2.75) is 19.9 Å². The molecule has 0 saturated heterocycles. The van der Waals surface area contributed by atoms with Gasteiger partial charge in [-0.25, -0.2) is 0 Å². The second-order valence-corrected chi connectivity index (χ2v) is 6.42. The number of esters is 2. The van der Waals surface area contributed by atoms with Crippen LogP contribution in [0.2, 0.25) is 10.0 Å². The van der Waals surface area contributed by atoms with Crippen molar-refractivity contribution in [1.29, 1.82) is 0 Å². The average molecular weight is 410 g/mol. The molecule has 2 aromatic rings. The molecule has 0 aliphatic rings. The number of carbonyl (C=O) groups excluding carboxylic acids is 2. The van der Waals surface area contributed by atoms with E-state index in [1.807, 2.05) is 0 Å². The minimum Gasteiger partial charge on any atom is -0.465 e. The highest BCUT2D eigenvalue weighted by molar-refractivity contribution is 6.33. The first-order valence-corrected chi connectivity index (χ1v) is 9.33. The van der Waals surface area contributed by atoms with Crippen LogP contribution in [0.15, 0.2) is 48.5 Å². The number of halogens is 2. The van der Waals surface area contributed by atoms with E-state index in [9.17, 15) is 9.59 Å². The molecule has 1 atom stereocenters. The van der Waals surface area contributed by atoms with Gasteiger partial charge in [0.25, 0.3) is 0 Å². The third-order valence-electron chi connectivity index (χ3n) is 3.84. The number of hydrogen-bond acceptors (Lipinski definition) is 5. The van der Waals surface area contributed by atoms with Gasteiger partial charge in [0.15, 0.2) is 5.92 Å². The van der Waals surface area contributed by atoms with E-state index in [1.165, 1.54) is 0 Å². The molecular formula is C20H21Cl2NO4. The third-order valence-corrected chi connectivity index (χ3v) is 4.51. The predicted molar refractivity (Wildman–Crippen MR) is 106 cm³/mol. The molecule has 0 spiro atoms. The first-order valence-electron chi connectivity index (χ1n) is 8.58. The molecule has 0 aromatic heterocycles. The molecule has 27 heavy (non-hydrogen) atoms. The number of nitrogens with one attached hydrogen (secondary N) is 1. The number of hydrogen-bond donors (Lipinski definition) is 1. The number of carbonyl (C=O) groups is 2. The molecule has 0 bridgehead atoms. The number of rotatable bonds is 8. The summed E-state index contributed by atoms with van der Waals surface area (Å²) in [6.07, 6.45) is 0. The Bertz CT molecular complexity index is 779. The van der Waals surface area contributed by atoms with Crippen molar-refractivity contribution in [3.05, 3.63) is 64.1 Å². The van der Waals surface area contributed by atoms with Crippen molar-refractivity contribution in [2.24, 2.45) is 5.92 Å². The lowest BCUT2D eigenvalue weighted by molar-refractivity contribution is -0.162. The summed E-state index contributed by atoms with van der Waals surface area (Å²) in [5.74, 6) is -2.64. The molecule has 0 heterocycles. The van der Waals surface area contributed by atoms with Crippen molar-refractivity contribution in [1.82, 2.24) is 0 Å². The molecule has 2 aromatic carbocycles. The Labute approximate surface area is 168 Å². The van der Waals surface area contributed by atoms with E-state index in [4.69, 9.17) is 32.7 Å². The first-order chi connectivity index (χ1) is 13.0. The topological polar surface area (TPSA) is 64.6 Å². The lowest BCUT2D eigenvalue weighted by atomic mass is 9.92. The monoisotopic (exact) mass is 409 g/mol. The minimum absolute atomic E-state index is 0.135. The van der Waals surface area contributed by atoms with E-state index in [0.29, 0.717) is 21.3 Å². The van der Waals surface area contributed by atoms with Crippen LogP contribution in [0.4, 0.5) is 5.69 Å². The van der Waals surface area contributed by atoms with Gasteiger partial charge in [-0.15, -0.1) is 0 Å². The molecule has 2 rings (SSSR count). The van der Waals surface area contributed by atoms with Gasteiger partial charge in [0.1, 0.15) is 0 Å². The summed E-state index contributed by atoms with van der Waals surface area (Å²) in [4.78, 5) is 25.2. The van der Waals surface area contributed by atoms with Crippen LogP contribution in [0, 0.1) is 5.92 Å². The van der Waals surface area contributed by atoms with Gasteiger partial charge >= 0.3 is 11.9 Å². The highest BCUT2D eigenvalue weighted by atomic mass is 35.5. The van der Waals surface area contributed by atoms with Gasteiger partial charge in [-0.3, -0.25) is 9.59 Å². The molecule has 0 aliphatic carbocycles. The maximum atomic E-state index is 12.6. The van der Waals surface area contributed by atoms with Gasteiger partial charge in [-0.2, -0.15) is 0 Å². The molecule has 0 fully saturated rings. The molecule has 5 nitrogen and oxygen atoms in total. The summed E-state index contributed by atoms with van der Waals surface area (Å²) in [6, 6.07) is 13.2. The number of anilines is 1. The van der Waals surface area contributed by atoms with Crippen LogP contribution in [0.25, 0.3) is 0 Å². The van der Waals surface area contributed by atoms with Gasteiger partial charge in [0, 0.05) is 5.02 Å². The SMILES string of the molecule is CCOC(=O)C(C(=O)OCC)C(Nc1ccccc1Cl)c1ccccc1Cl. The zero-order valence-electron chi connectivity index (χ0n) is 15.1. The zero-order valence-corrected chi connectivity index (χ0v) is 16.6. The Morgan fingerprint density at radius 1 is 0.889 bits per heavy atom. The van der Waals surface area contributed by atoms with Crippen LogP contribution in [0.1, 0.15) is 25.5 Å². The van der Waals surface area contributed by atoms with E-state index in [0.717, 1.165) is 0 Å². The Balaban J connectivity index is 2.53. The molecule has 1 unspecified atom stereocenters. The first kappa shape index (κ1) is 21.1. The molecule has 0 radical (unpaired) electrons. The summed E-state index contributed by atoms with van der Waals surface area (Å²) in [5, 5.41) is 4.01. The van der Waals surface area contributed by atoms with E-state index in [2.05, 4.69) is 5.32 Å². The molecule has 0 saturated carbocycles. The van der Waals surface area contributed by atoms with Crippen molar-refractivity contribution in [3.63, 3.8) is 0 Å². The van der Waals surface area contributed by atoms with Gasteiger partial charge in [0.05, 0.1) is 30.0 Å². The summed E-state index contributed by atoms with van der Waals surface area (Å²) >= 11 is 12.6. The lowest BCUT2D eigenvalue weighted by Gasteiger charge is -2.27. The van der Waals surface area contributed by atoms with Crippen LogP contribution < -0.4 is 5.32 Å². The third kappa shape index (κ3) is 5.37. The van der Waals surface area contributed by atoms with Crippen LogP contribution in [-0.4, -0.2) is 25.2 Å². The summed E-state index contributed by atoms with van der Waals surface area (Å²) in [5.41, 5.74) is 1.12. The molecular weight excluding hydrogens is 389 g/mol. The van der Waals surface area contributed by atoms with Crippen LogP contribution >= 0.6 is 23.2 Å². The average Bonchev–Trinajstić information content (AvgIpc) is 2.64. The molecule has 1 N–H and O–H groups in total. The summed E-state index contributed by atoms with van der Waals surface area (Å²) in [6.45, 7) is 3.62. The smallest absolute Gasteiger partial charge is 0.322 e. The molecule has 7 heteroatoms. The maximum absolute atomic E-state index is 12.6. The Kier molecular flexibility index (Phi) is 7.95. The Morgan fingerprint density at radius 2 is 1.41 bits per heavy atom. The number of para-hydroxylation sites is 1. The summed E-state index contributed by atoms with van der Waals surface area (Å²) < 4.78 is 10.3. The fraction of sp³-hybridized carbons (Fsp3) is 0.300. The predicted octanol–water partition coefficient (Wildman–Crippen LogP) is 4.89. The highest BCUT2D eigenvalue weighted by Gasteiger charge is 2.39. The minimum atomic E-state index is -1.25. The zero-order chi connectivity index (χ0) is 19.8. The second-order valence-electron chi connectivity index (χ2n) is 5.61. The van der Waals surface area contributed by atoms with Gasteiger partial charge < -0.3 is 14.8 Å². The van der Waals surface area contributed by atoms with Crippen molar-refractivity contribution >= 4 is 40.8 Å². The highest BCUT2D eigenvalue weighted by Crippen LogP contribution is 2.35. The lowest BCUT2D eigenvalue weighted by Crippen LogP contribution is -2.37. The van der Waals surface area contributed by atoms with Crippen molar-refractivity contribution in [3.8, 4) is 0 Å². The van der Waals surface area contributed by atoms with Crippen LogP contribution in [0.5, 0.6) is 0 Å². The molecule has 0 aliphatic heterocycles. The van der Waals surface area contributed by atoms with Crippen LogP contribution in [0.3, 0.4) is 0 Å². The second kappa shape index (κ2) is 10.2. The Hall–Kier alpha value is -2.24. The van der Waals surface area contributed by atoms with Gasteiger partial charge in [-0.05, 0) is 37.6 Å². The van der Waals surface area contributed by atoms with Gasteiger partial charge in [-0.1, -0.05) is 53.5 Å². The van der Waals surface area contributed by atoms with E-state index in [1.54, 1.807) is 62.4 Å². The fourth-order valence-corrected chi connectivity index (χ4v) is 3.09. The number of ether oxygens (including phenoxy) is 2. The molecule has 0 amide bonds.